The maximum absolute atomic E-state index is 12.7. The van der Waals surface area contributed by atoms with Gasteiger partial charge in [0, 0.05) is 18.0 Å². The molecular weight excluding hydrogens is 398 g/mol. The summed E-state index contributed by atoms with van der Waals surface area (Å²) in [7, 11) is 3.32. The quantitative estimate of drug-likeness (QED) is 0.532. The van der Waals surface area contributed by atoms with E-state index in [1.165, 1.54) is 19.3 Å². The van der Waals surface area contributed by atoms with Crippen LogP contribution in [0.2, 0.25) is 0 Å². The Morgan fingerprint density at radius 1 is 0.812 bits per heavy atom. The van der Waals surface area contributed by atoms with Gasteiger partial charge in [0.25, 0.3) is 0 Å². The Morgan fingerprint density at radius 2 is 1.47 bits per heavy atom. The van der Waals surface area contributed by atoms with Crippen LogP contribution in [0.3, 0.4) is 0 Å². The molecule has 168 valence electrons. The number of rotatable bonds is 8. The maximum atomic E-state index is 12.7. The highest BCUT2D eigenvalue weighted by molar-refractivity contribution is 5.49. The molecule has 1 aliphatic heterocycles. The van der Waals surface area contributed by atoms with Gasteiger partial charge in [0.05, 0.1) is 14.2 Å². The minimum absolute atomic E-state index is 0.175. The number of hydrogen-bond acceptors (Lipinski definition) is 4. The number of likely N-dealkylation sites (tertiary alicyclic amines) is 1. The van der Waals surface area contributed by atoms with E-state index in [0.29, 0.717) is 5.75 Å². The van der Waals surface area contributed by atoms with Crippen molar-refractivity contribution in [3.63, 3.8) is 0 Å². The molecule has 0 radical (unpaired) electrons. The molecule has 1 heterocycles. The number of nitrogens with zero attached hydrogens (tertiary/aromatic N) is 1. The van der Waals surface area contributed by atoms with Gasteiger partial charge < -0.3 is 19.5 Å². The lowest BCUT2D eigenvalue weighted by molar-refractivity contribution is 0.0290. The van der Waals surface area contributed by atoms with E-state index >= 15 is 0 Å². The van der Waals surface area contributed by atoms with Crippen LogP contribution in [0.25, 0.3) is 0 Å². The van der Waals surface area contributed by atoms with Crippen LogP contribution in [0.5, 0.6) is 11.5 Å². The molecule has 2 atom stereocenters. The molecule has 0 aliphatic carbocycles. The van der Waals surface area contributed by atoms with Gasteiger partial charge in [-0.15, -0.1) is 0 Å². The van der Waals surface area contributed by atoms with Crippen molar-refractivity contribution < 1.29 is 14.6 Å². The molecule has 1 N–H and O–H groups in total. The summed E-state index contributed by atoms with van der Waals surface area (Å²) in [6, 6.07) is 26.0. The van der Waals surface area contributed by atoms with Crippen LogP contribution in [0.4, 0.5) is 0 Å². The van der Waals surface area contributed by atoms with Crippen molar-refractivity contribution in [1.29, 1.82) is 0 Å². The van der Waals surface area contributed by atoms with Gasteiger partial charge in [-0.25, -0.2) is 0 Å². The molecule has 1 fully saturated rings. The van der Waals surface area contributed by atoms with E-state index in [4.69, 9.17) is 9.47 Å². The summed E-state index contributed by atoms with van der Waals surface area (Å²) in [5.74, 6) is 1.28. The molecule has 3 aromatic carbocycles. The summed E-state index contributed by atoms with van der Waals surface area (Å²) in [4.78, 5) is 2.49. The third kappa shape index (κ3) is 4.52. The monoisotopic (exact) mass is 431 g/mol. The molecule has 0 bridgehead atoms. The van der Waals surface area contributed by atoms with Crippen molar-refractivity contribution >= 4 is 0 Å². The molecule has 0 spiro atoms. The molecule has 0 unspecified atom stereocenters. The van der Waals surface area contributed by atoms with Crippen molar-refractivity contribution in [2.24, 2.45) is 0 Å². The van der Waals surface area contributed by atoms with Crippen molar-refractivity contribution in [3.05, 3.63) is 95.6 Å². The standard InChI is InChI=1S/C28H33NO3/c1-31-24-17-15-23(16-18-24)28(30,25-13-7-8-14-27(25)32-2)26(22-11-5-3-6-12-22)21-29-19-9-4-10-20-29/h3,5-8,11-18,26,30H,4,9-10,19-21H2,1-2H3/t26-,28-/m1/s1. The molecule has 1 aliphatic rings. The average molecular weight is 432 g/mol. The normalized spacial score (nSPS) is 17.3. The van der Waals surface area contributed by atoms with Gasteiger partial charge >= 0.3 is 0 Å². The fourth-order valence-corrected chi connectivity index (χ4v) is 4.91. The fraction of sp³-hybridized carbons (Fsp3) is 0.357. The van der Waals surface area contributed by atoms with Crippen molar-refractivity contribution in [3.8, 4) is 11.5 Å². The third-order valence-corrected chi connectivity index (χ3v) is 6.64. The van der Waals surface area contributed by atoms with Gasteiger partial charge in [-0.3, -0.25) is 0 Å². The second kappa shape index (κ2) is 10.2. The fourth-order valence-electron chi connectivity index (χ4n) is 4.91. The highest BCUT2D eigenvalue weighted by atomic mass is 16.5. The minimum Gasteiger partial charge on any atom is -0.497 e. The third-order valence-electron chi connectivity index (χ3n) is 6.64. The molecule has 1 saturated heterocycles. The SMILES string of the molecule is COc1ccc([C@@](O)(c2ccccc2OC)[C@H](CN2CCCCC2)c2ccccc2)cc1. The molecule has 0 amide bonds. The molecule has 3 aromatic rings. The van der Waals surface area contributed by atoms with E-state index in [2.05, 4.69) is 29.2 Å². The van der Waals surface area contributed by atoms with E-state index in [9.17, 15) is 5.11 Å². The summed E-state index contributed by atoms with van der Waals surface area (Å²) in [5.41, 5.74) is 1.44. The first-order valence-electron chi connectivity index (χ1n) is 11.4. The number of ether oxygens (including phenoxy) is 2. The van der Waals surface area contributed by atoms with E-state index in [0.717, 1.165) is 42.1 Å². The smallest absolute Gasteiger partial charge is 0.126 e. The molecule has 4 rings (SSSR count). The molecule has 0 saturated carbocycles. The van der Waals surface area contributed by atoms with Crippen molar-refractivity contribution in [2.45, 2.75) is 30.8 Å². The number of para-hydroxylation sites is 1. The first-order chi connectivity index (χ1) is 15.7. The van der Waals surface area contributed by atoms with Gasteiger partial charge in [-0.05, 0) is 55.3 Å². The van der Waals surface area contributed by atoms with Crippen molar-refractivity contribution in [2.75, 3.05) is 33.9 Å². The second-order valence-corrected chi connectivity index (χ2v) is 8.52. The highest BCUT2D eigenvalue weighted by Crippen LogP contribution is 2.46. The zero-order chi connectivity index (χ0) is 22.4. The molecule has 0 aromatic heterocycles. The molecule has 4 heteroatoms. The van der Waals surface area contributed by atoms with E-state index in [1.807, 2.05) is 54.6 Å². The summed E-state index contributed by atoms with van der Waals surface area (Å²) < 4.78 is 11.1. The minimum atomic E-state index is -1.28. The number of aliphatic hydroxyl groups is 1. The second-order valence-electron chi connectivity index (χ2n) is 8.52. The largest absolute Gasteiger partial charge is 0.497 e. The van der Waals surface area contributed by atoms with Crippen LogP contribution in [-0.4, -0.2) is 43.9 Å². The van der Waals surface area contributed by atoms with Crippen LogP contribution in [0.1, 0.15) is 41.9 Å². The Morgan fingerprint density at radius 3 is 2.12 bits per heavy atom. The Labute approximate surface area is 191 Å². The highest BCUT2D eigenvalue weighted by Gasteiger charge is 2.44. The maximum Gasteiger partial charge on any atom is 0.126 e. The van der Waals surface area contributed by atoms with Gasteiger partial charge in [-0.2, -0.15) is 0 Å². The predicted octanol–water partition coefficient (Wildman–Crippen LogP) is 5.21. The lowest BCUT2D eigenvalue weighted by atomic mass is 9.72. The summed E-state index contributed by atoms with van der Waals surface area (Å²) >= 11 is 0. The predicted molar refractivity (Wildman–Crippen MR) is 128 cm³/mol. The number of hydrogen-bond donors (Lipinski definition) is 1. The lowest BCUT2D eigenvalue weighted by Crippen LogP contribution is -2.43. The van der Waals surface area contributed by atoms with Crippen molar-refractivity contribution in [1.82, 2.24) is 4.90 Å². The summed E-state index contributed by atoms with van der Waals surface area (Å²) in [6.45, 7) is 2.90. The number of benzene rings is 3. The summed E-state index contributed by atoms with van der Waals surface area (Å²) in [6.07, 6.45) is 3.69. The van der Waals surface area contributed by atoms with Gasteiger partial charge in [0.15, 0.2) is 0 Å². The topological polar surface area (TPSA) is 41.9 Å². The zero-order valence-corrected chi connectivity index (χ0v) is 19.0. The van der Waals surface area contributed by atoms with Crippen LogP contribution in [-0.2, 0) is 5.60 Å². The van der Waals surface area contributed by atoms with E-state index in [-0.39, 0.29) is 5.92 Å². The van der Waals surface area contributed by atoms with Gasteiger partial charge in [0.1, 0.15) is 17.1 Å². The molecule has 32 heavy (non-hydrogen) atoms. The Kier molecular flexibility index (Phi) is 7.13. The van der Waals surface area contributed by atoms with Crippen LogP contribution >= 0.6 is 0 Å². The molecule has 4 nitrogen and oxygen atoms in total. The number of methoxy groups -OCH3 is 2. The Bertz CT molecular complexity index is 983. The van der Waals surface area contributed by atoms with Crippen LogP contribution < -0.4 is 9.47 Å². The first kappa shape index (κ1) is 22.4. The van der Waals surface area contributed by atoms with Crippen LogP contribution in [0.15, 0.2) is 78.9 Å². The van der Waals surface area contributed by atoms with Gasteiger partial charge in [0.2, 0.25) is 0 Å². The Balaban J connectivity index is 1.89. The van der Waals surface area contributed by atoms with E-state index in [1.54, 1.807) is 14.2 Å². The van der Waals surface area contributed by atoms with E-state index < -0.39 is 5.60 Å². The average Bonchev–Trinajstić information content (AvgIpc) is 2.88. The van der Waals surface area contributed by atoms with Gasteiger partial charge in [-0.1, -0.05) is 67.1 Å². The lowest BCUT2D eigenvalue weighted by Gasteiger charge is -2.41. The molecular formula is C28H33NO3. The first-order valence-corrected chi connectivity index (χ1v) is 11.4. The van der Waals surface area contributed by atoms with Crippen LogP contribution in [0, 0.1) is 0 Å². The number of piperidine rings is 1. The Hall–Kier alpha value is -2.82. The zero-order valence-electron chi connectivity index (χ0n) is 19.0. The summed E-state index contributed by atoms with van der Waals surface area (Å²) in [5, 5.41) is 12.7.